The molecule has 0 aromatic carbocycles. The summed E-state index contributed by atoms with van der Waals surface area (Å²) in [4.78, 5) is 10.7. The number of nitrogens with two attached hydrogens (primary N) is 1. The standard InChI is InChI=1S/C9H15NO2/c1-12-9(11)5-4-8(10)6-7-2-3-7/h4-5,7-8H,2-3,6,10H2,1H3. The van der Waals surface area contributed by atoms with E-state index in [9.17, 15) is 4.79 Å². The summed E-state index contributed by atoms with van der Waals surface area (Å²) in [6.45, 7) is 0. The van der Waals surface area contributed by atoms with Crippen molar-refractivity contribution >= 4 is 5.97 Å². The summed E-state index contributed by atoms with van der Waals surface area (Å²) in [5.41, 5.74) is 5.72. The van der Waals surface area contributed by atoms with Gasteiger partial charge in [-0.3, -0.25) is 0 Å². The van der Waals surface area contributed by atoms with Crippen molar-refractivity contribution in [2.75, 3.05) is 7.11 Å². The van der Waals surface area contributed by atoms with Gasteiger partial charge in [-0.1, -0.05) is 18.9 Å². The summed E-state index contributed by atoms with van der Waals surface area (Å²) in [6, 6.07) is 0.0107. The molecule has 1 atom stereocenters. The molecule has 0 amide bonds. The highest BCUT2D eigenvalue weighted by Crippen LogP contribution is 2.33. The molecule has 1 saturated carbocycles. The highest BCUT2D eigenvalue weighted by Gasteiger charge is 2.22. The molecule has 68 valence electrons. The molecule has 0 saturated heterocycles. The van der Waals surface area contributed by atoms with Gasteiger partial charge in [-0.05, 0) is 12.3 Å². The second-order valence-electron chi connectivity index (χ2n) is 3.23. The van der Waals surface area contributed by atoms with Gasteiger partial charge in [0.15, 0.2) is 0 Å². The number of hydrogen-bond acceptors (Lipinski definition) is 3. The van der Waals surface area contributed by atoms with Crippen molar-refractivity contribution in [3.63, 3.8) is 0 Å². The van der Waals surface area contributed by atoms with E-state index >= 15 is 0 Å². The second-order valence-corrected chi connectivity index (χ2v) is 3.23. The van der Waals surface area contributed by atoms with E-state index in [2.05, 4.69) is 4.74 Å². The molecule has 0 radical (unpaired) electrons. The summed E-state index contributed by atoms with van der Waals surface area (Å²) >= 11 is 0. The molecule has 12 heavy (non-hydrogen) atoms. The van der Waals surface area contributed by atoms with Crippen LogP contribution in [0.4, 0.5) is 0 Å². The van der Waals surface area contributed by atoms with Crippen LogP contribution in [0, 0.1) is 5.92 Å². The Morgan fingerprint density at radius 2 is 2.42 bits per heavy atom. The first-order chi connectivity index (χ1) is 5.72. The van der Waals surface area contributed by atoms with Crippen LogP contribution in [0.5, 0.6) is 0 Å². The molecule has 1 aliphatic rings. The zero-order valence-corrected chi connectivity index (χ0v) is 7.32. The molecule has 0 bridgehead atoms. The first kappa shape index (κ1) is 9.26. The highest BCUT2D eigenvalue weighted by molar-refractivity contribution is 5.81. The molecule has 3 nitrogen and oxygen atoms in total. The zero-order valence-electron chi connectivity index (χ0n) is 7.32. The molecule has 0 spiro atoms. The quantitative estimate of drug-likeness (QED) is 0.501. The minimum atomic E-state index is -0.332. The summed E-state index contributed by atoms with van der Waals surface area (Å²) < 4.78 is 4.44. The van der Waals surface area contributed by atoms with E-state index in [1.54, 1.807) is 6.08 Å². The van der Waals surface area contributed by atoms with Gasteiger partial charge in [0.2, 0.25) is 0 Å². The number of ether oxygens (including phenoxy) is 1. The fourth-order valence-corrected chi connectivity index (χ4v) is 1.09. The van der Waals surface area contributed by atoms with Gasteiger partial charge in [0.1, 0.15) is 0 Å². The van der Waals surface area contributed by atoms with Gasteiger partial charge in [-0.2, -0.15) is 0 Å². The lowest BCUT2D eigenvalue weighted by Crippen LogP contribution is -2.17. The van der Waals surface area contributed by atoms with Crippen LogP contribution in [-0.4, -0.2) is 19.1 Å². The van der Waals surface area contributed by atoms with Crippen LogP contribution < -0.4 is 5.73 Å². The third-order valence-electron chi connectivity index (χ3n) is 1.98. The number of methoxy groups -OCH3 is 1. The Morgan fingerprint density at radius 3 is 2.92 bits per heavy atom. The Hall–Kier alpha value is -0.830. The predicted molar refractivity (Wildman–Crippen MR) is 46.5 cm³/mol. The second kappa shape index (κ2) is 4.26. The number of hydrogen-bond donors (Lipinski definition) is 1. The van der Waals surface area contributed by atoms with Crippen LogP contribution in [0.3, 0.4) is 0 Å². The highest BCUT2D eigenvalue weighted by atomic mass is 16.5. The maximum absolute atomic E-state index is 10.7. The summed E-state index contributed by atoms with van der Waals surface area (Å²) in [7, 11) is 1.36. The lowest BCUT2D eigenvalue weighted by atomic mass is 10.1. The average molecular weight is 169 g/mol. The van der Waals surface area contributed by atoms with Crippen LogP contribution >= 0.6 is 0 Å². The maximum Gasteiger partial charge on any atom is 0.330 e. The van der Waals surface area contributed by atoms with Crippen molar-refractivity contribution in [2.24, 2.45) is 11.7 Å². The Morgan fingerprint density at radius 1 is 1.75 bits per heavy atom. The van der Waals surface area contributed by atoms with Crippen LogP contribution in [-0.2, 0) is 9.53 Å². The topological polar surface area (TPSA) is 52.3 Å². The van der Waals surface area contributed by atoms with Crippen LogP contribution in [0.25, 0.3) is 0 Å². The molecule has 0 aliphatic heterocycles. The Balaban J connectivity index is 2.18. The minimum absolute atomic E-state index is 0.0107. The fraction of sp³-hybridized carbons (Fsp3) is 0.667. The largest absolute Gasteiger partial charge is 0.466 e. The molecular formula is C9H15NO2. The summed E-state index contributed by atoms with van der Waals surface area (Å²) in [5, 5.41) is 0. The van der Waals surface area contributed by atoms with Crippen molar-refractivity contribution in [3.8, 4) is 0 Å². The molecule has 1 unspecified atom stereocenters. The molecule has 0 aromatic heterocycles. The van der Waals surface area contributed by atoms with E-state index in [-0.39, 0.29) is 12.0 Å². The van der Waals surface area contributed by atoms with E-state index in [0.29, 0.717) is 0 Å². The molecule has 1 fully saturated rings. The first-order valence-corrected chi connectivity index (χ1v) is 4.24. The lowest BCUT2D eigenvalue weighted by Gasteiger charge is -2.02. The smallest absolute Gasteiger partial charge is 0.330 e. The Kier molecular flexibility index (Phi) is 3.29. The molecule has 0 heterocycles. The van der Waals surface area contributed by atoms with E-state index < -0.39 is 0 Å². The summed E-state index contributed by atoms with van der Waals surface area (Å²) in [6.07, 6.45) is 6.68. The van der Waals surface area contributed by atoms with Gasteiger partial charge < -0.3 is 10.5 Å². The molecule has 0 aromatic rings. The normalized spacial score (nSPS) is 19.5. The van der Waals surface area contributed by atoms with Crippen molar-refractivity contribution in [1.82, 2.24) is 0 Å². The van der Waals surface area contributed by atoms with E-state index in [4.69, 9.17) is 5.73 Å². The van der Waals surface area contributed by atoms with Crippen molar-refractivity contribution in [3.05, 3.63) is 12.2 Å². The van der Waals surface area contributed by atoms with Crippen LogP contribution in [0.2, 0.25) is 0 Å². The Labute approximate surface area is 72.6 Å². The number of carbonyl (C=O) groups excluding carboxylic acids is 1. The van der Waals surface area contributed by atoms with Gasteiger partial charge in [-0.25, -0.2) is 4.79 Å². The zero-order chi connectivity index (χ0) is 8.97. The van der Waals surface area contributed by atoms with Gasteiger partial charge in [0.05, 0.1) is 7.11 Å². The number of rotatable bonds is 4. The van der Waals surface area contributed by atoms with Gasteiger partial charge >= 0.3 is 5.97 Å². The van der Waals surface area contributed by atoms with Crippen LogP contribution in [0.1, 0.15) is 19.3 Å². The van der Waals surface area contributed by atoms with Crippen LogP contribution in [0.15, 0.2) is 12.2 Å². The number of carbonyl (C=O) groups is 1. The lowest BCUT2D eigenvalue weighted by molar-refractivity contribution is -0.134. The van der Waals surface area contributed by atoms with Gasteiger partial charge in [0, 0.05) is 12.1 Å². The van der Waals surface area contributed by atoms with Crippen molar-refractivity contribution < 1.29 is 9.53 Å². The molecule has 1 aliphatic carbocycles. The first-order valence-electron chi connectivity index (χ1n) is 4.24. The van der Waals surface area contributed by atoms with E-state index in [1.165, 1.54) is 26.0 Å². The minimum Gasteiger partial charge on any atom is -0.466 e. The third kappa shape index (κ3) is 3.53. The Bertz CT molecular complexity index is 185. The van der Waals surface area contributed by atoms with E-state index in [0.717, 1.165) is 12.3 Å². The SMILES string of the molecule is COC(=O)C=CC(N)CC1CC1. The van der Waals surface area contributed by atoms with Gasteiger partial charge in [-0.15, -0.1) is 0 Å². The molecule has 1 rings (SSSR count). The fourth-order valence-electron chi connectivity index (χ4n) is 1.09. The maximum atomic E-state index is 10.7. The monoisotopic (exact) mass is 169 g/mol. The average Bonchev–Trinajstić information content (AvgIpc) is 2.84. The number of esters is 1. The van der Waals surface area contributed by atoms with Crippen molar-refractivity contribution in [2.45, 2.75) is 25.3 Å². The molecular weight excluding hydrogens is 154 g/mol. The predicted octanol–water partition coefficient (Wildman–Crippen LogP) is 0.843. The third-order valence-corrected chi connectivity index (χ3v) is 1.98. The summed E-state index contributed by atoms with van der Waals surface area (Å²) in [5.74, 6) is 0.462. The van der Waals surface area contributed by atoms with E-state index in [1.807, 2.05) is 0 Å². The van der Waals surface area contributed by atoms with Crippen molar-refractivity contribution in [1.29, 1.82) is 0 Å². The molecule has 2 N–H and O–H groups in total. The molecule has 3 heteroatoms. The van der Waals surface area contributed by atoms with Gasteiger partial charge in [0.25, 0.3) is 0 Å².